The lowest BCUT2D eigenvalue weighted by Gasteiger charge is -2.20. The van der Waals surface area contributed by atoms with Crippen molar-refractivity contribution in [3.05, 3.63) is 18.1 Å². The van der Waals surface area contributed by atoms with Crippen LogP contribution in [-0.2, 0) is 0 Å². The Morgan fingerprint density at radius 1 is 1.53 bits per heavy atom. The van der Waals surface area contributed by atoms with Crippen molar-refractivity contribution in [2.75, 3.05) is 12.0 Å². The highest BCUT2D eigenvalue weighted by atomic mass is 16.2. The molecule has 1 fully saturated rings. The van der Waals surface area contributed by atoms with Gasteiger partial charge in [0.05, 0.1) is 12.4 Å². The van der Waals surface area contributed by atoms with Crippen LogP contribution in [0.2, 0.25) is 0 Å². The number of amides is 1. The summed E-state index contributed by atoms with van der Waals surface area (Å²) in [6.45, 7) is 2.85. The molecule has 92 valence electrons. The predicted octanol–water partition coefficient (Wildman–Crippen LogP) is 0.777. The van der Waals surface area contributed by atoms with E-state index < -0.39 is 0 Å². The number of hydrazine groups is 1. The molecule has 2 rings (SSSR count). The van der Waals surface area contributed by atoms with Crippen LogP contribution in [0.4, 0.5) is 5.82 Å². The number of nitrogens with one attached hydrogen (secondary N) is 1. The first-order valence-corrected chi connectivity index (χ1v) is 5.86. The van der Waals surface area contributed by atoms with Crippen LogP contribution in [0.5, 0.6) is 0 Å². The molecule has 0 aromatic carbocycles. The van der Waals surface area contributed by atoms with E-state index in [4.69, 9.17) is 5.84 Å². The van der Waals surface area contributed by atoms with Gasteiger partial charge in [0.15, 0.2) is 5.82 Å². The molecule has 1 saturated carbocycles. The highest BCUT2D eigenvalue weighted by Gasteiger charge is 2.32. The molecule has 17 heavy (non-hydrogen) atoms. The molecule has 0 saturated heterocycles. The lowest BCUT2D eigenvalue weighted by Crippen LogP contribution is -2.34. The molecule has 1 aliphatic carbocycles. The van der Waals surface area contributed by atoms with E-state index in [9.17, 15) is 4.79 Å². The molecule has 0 bridgehead atoms. The van der Waals surface area contributed by atoms with Crippen molar-refractivity contribution in [1.82, 2.24) is 14.9 Å². The van der Waals surface area contributed by atoms with Gasteiger partial charge in [-0.25, -0.2) is 15.8 Å². The van der Waals surface area contributed by atoms with Crippen LogP contribution in [0.1, 0.15) is 36.7 Å². The number of hydrogen-bond donors (Lipinski definition) is 2. The molecule has 1 amide bonds. The van der Waals surface area contributed by atoms with Crippen molar-refractivity contribution in [2.45, 2.75) is 32.2 Å². The molecule has 1 aliphatic rings. The van der Waals surface area contributed by atoms with Gasteiger partial charge >= 0.3 is 0 Å². The Morgan fingerprint density at radius 3 is 2.76 bits per heavy atom. The Kier molecular flexibility index (Phi) is 3.53. The summed E-state index contributed by atoms with van der Waals surface area (Å²) in [7, 11) is 0. The third-order valence-electron chi connectivity index (χ3n) is 2.73. The number of nitrogens with zero attached hydrogens (tertiary/aromatic N) is 3. The molecule has 1 aromatic heterocycles. The van der Waals surface area contributed by atoms with Gasteiger partial charge in [0.25, 0.3) is 5.91 Å². The van der Waals surface area contributed by atoms with Gasteiger partial charge in [0.2, 0.25) is 0 Å². The first-order valence-electron chi connectivity index (χ1n) is 5.86. The largest absolute Gasteiger partial charge is 0.334 e. The fourth-order valence-corrected chi connectivity index (χ4v) is 1.74. The molecular formula is C11H17N5O. The van der Waals surface area contributed by atoms with E-state index in [2.05, 4.69) is 22.3 Å². The van der Waals surface area contributed by atoms with Crippen molar-refractivity contribution in [2.24, 2.45) is 5.84 Å². The number of carbonyl (C=O) groups is 1. The maximum atomic E-state index is 12.2. The summed E-state index contributed by atoms with van der Waals surface area (Å²) in [5.74, 6) is 5.61. The van der Waals surface area contributed by atoms with Crippen LogP contribution in [0, 0.1) is 0 Å². The van der Waals surface area contributed by atoms with E-state index in [-0.39, 0.29) is 5.91 Å². The molecular weight excluding hydrogens is 218 g/mol. The van der Waals surface area contributed by atoms with E-state index in [1.54, 1.807) is 0 Å². The maximum Gasteiger partial charge on any atom is 0.274 e. The minimum atomic E-state index is -0.0366. The smallest absolute Gasteiger partial charge is 0.274 e. The topological polar surface area (TPSA) is 84.1 Å². The highest BCUT2D eigenvalue weighted by molar-refractivity contribution is 5.92. The predicted molar refractivity (Wildman–Crippen MR) is 64.2 cm³/mol. The molecule has 0 radical (unpaired) electrons. The van der Waals surface area contributed by atoms with Gasteiger partial charge in [-0.05, 0) is 19.3 Å². The molecule has 1 aromatic rings. The Morgan fingerprint density at radius 2 is 2.29 bits per heavy atom. The lowest BCUT2D eigenvalue weighted by atomic mass is 10.3. The average molecular weight is 235 g/mol. The van der Waals surface area contributed by atoms with Crippen molar-refractivity contribution in [1.29, 1.82) is 0 Å². The Hall–Kier alpha value is -1.69. The highest BCUT2D eigenvalue weighted by Crippen LogP contribution is 2.28. The van der Waals surface area contributed by atoms with Crippen molar-refractivity contribution >= 4 is 11.7 Å². The van der Waals surface area contributed by atoms with Crippen LogP contribution in [0.3, 0.4) is 0 Å². The summed E-state index contributed by atoms with van der Waals surface area (Å²) < 4.78 is 0. The fourth-order valence-electron chi connectivity index (χ4n) is 1.74. The van der Waals surface area contributed by atoms with Gasteiger partial charge in [0.1, 0.15) is 5.69 Å². The quantitative estimate of drug-likeness (QED) is 0.582. The summed E-state index contributed by atoms with van der Waals surface area (Å²) in [5.41, 5.74) is 2.76. The Labute approximate surface area is 100 Å². The number of rotatable bonds is 5. The Balaban J connectivity index is 2.10. The van der Waals surface area contributed by atoms with E-state index in [1.807, 2.05) is 4.90 Å². The van der Waals surface area contributed by atoms with E-state index in [0.717, 1.165) is 25.8 Å². The second-order valence-electron chi connectivity index (χ2n) is 4.16. The number of hydrogen-bond acceptors (Lipinski definition) is 5. The summed E-state index contributed by atoms with van der Waals surface area (Å²) in [6.07, 6.45) is 6.08. The van der Waals surface area contributed by atoms with E-state index >= 15 is 0 Å². The molecule has 6 nitrogen and oxygen atoms in total. The molecule has 1 heterocycles. The SMILES string of the molecule is CCCN(C(=O)c1cnc(NN)cn1)C1CC1. The molecule has 3 N–H and O–H groups in total. The van der Waals surface area contributed by atoms with E-state index in [1.165, 1.54) is 12.4 Å². The average Bonchev–Trinajstić information content (AvgIpc) is 3.19. The Bertz CT molecular complexity index is 387. The van der Waals surface area contributed by atoms with Gasteiger partial charge in [-0.15, -0.1) is 0 Å². The number of aromatic nitrogens is 2. The number of carbonyl (C=O) groups excluding carboxylic acids is 1. The van der Waals surface area contributed by atoms with Gasteiger partial charge in [-0.1, -0.05) is 6.92 Å². The van der Waals surface area contributed by atoms with Crippen LogP contribution < -0.4 is 11.3 Å². The van der Waals surface area contributed by atoms with E-state index in [0.29, 0.717) is 17.6 Å². The zero-order valence-corrected chi connectivity index (χ0v) is 9.89. The molecule has 6 heteroatoms. The first kappa shape index (κ1) is 11.8. The molecule has 0 aliphatic heterocycles. The van der Waals surface area contributed by atoms with Crippen molar-refractivity contribution in [3.63, 3.8) is 0 Å². The number of nitrogens with two attached hydrogens (primary N) is 1. The standard InChI is InChI=1S/C11H17N5O/c1-2-5-16(8-3-4-8)11(17)9-6-14-10(15-12)7-13-9/h6-8H,2-5,12H2,1H3,(H,14,15). The van der Waals surface area contributed by atoms with Gasteiger partial charge < -0.3 is 10.3 Å². The molecule has 0 atom stereocenters. The zero-order valence-electron chi connectivity index (χ0n) is 9.89. The third-order valence-corrected chi connectivity index (χ3v) is 2.73. The van der Waals surface area contributed by atoms with Crippen LogP contribution in [0.25, 0.3) is 0 Å². The van der Waals surface area contributed by atoms with Crippen LogP contribution in [0.15, 0.2) is 12.4 Å². The molecule has 0 spiro atoms. The summed E-state index contributed by atoms with van der Waals surface area (Å²) in [6, 6.07) is 0.400. The second kappa shape index (κ2) is 5.09. The normalized spacial score (nSPS) is 14.5. The van der Waals surface area contributed by atoms with Crippen molar-refractivity contribution < 1.29 is 4.79 Å². The monoisotopic (exact) mass is 235 g/mol. The fraction of sp³-hybridized carbons (Fsp3) is 0.545. The zero-order chi connectivity index (χ0) is 12.3. The summed E-state index contributed by atoms with van der Waals surface area (Å²) in [4.78, 5) is 22.1. The second-order valence-corrected chi connectivity index (χ2v) is 4.16. The summed E-state index contributed by atoms with van der Waals surface area (Å²) in [5, 5.41) is 0. The number of anilines is 1. The van der Waals surface area contributed by atoms with Gasteiger partial charge in [-0.2, -0.15) is 0 Å². The van der Waals surface area contributed by atoms with Gasteiger partial charge in [0, 0.05) is 12.6 Å². The third kappa shape index (κ3) is 2.71. The van der Waals surface area contributed by atoms with Crippen molar-refractivity contribution in [3.8, 4) is 0 Å². The van der Waals surface area contributed by atoms with Crippen LogP contribution in [-0.4, -0.2) is 33.4 Å². The first-order chi connectivity index (χ1) is 8.26. The van der Waals surface area contributed by atoms with Crippen LogP contribution >= 0.6 is 0 Å². The van der Waals surface area contributed by atoms with Gasteiger partial charge in [-0.3, -0.25) is 4.79 Å². The summed E-state index contributed by atoms with van der Waals surface area (Å²) >= 11 is 0. The minimum absolute atomic E-state index is 0.0366. The minimum Gasteiger partial charge on any atom is -0.334 e. The maximum absolute atomic E-state index is 12.2. The number of nitrogen functional groups attached to an aromatic ring is 1. The lowest BCUT2D eigenvalue weighted by molar-refractivity contribution is 0.0736. The molecule has 0 unspecified atom stereocenters.